The van der Waals surface area contributed by atoms with Crippen LogP contribution in [-0.2, 0) is 9.59 Å². The molecule has 1 aliphatic rings. The maximum atomic E-state index is 11.7. The van der Waals surface area contributed by atoms with E-state index in [9.17, 15) is 9.59 Å². The van der Waals surface area contributed by atoms with Crippen LogP contribution in [0.2, 0.25) is 0 Å². The van der Waals surface area contributed by atoms with Crippen molar-refractivity contribution in [2.24, 2.45) is 5.92 Å². The number of amides is 2. The van der Waals surface area contributed by atoms with Crippen molar-refractivity contribution in [1.82, 2.24) is 10.6 Å². The van der Waals surface area contributed by atoms with E-state index in [1.807, 2.05) is 0 Å². The minimum absolute atomic E-state index is 0.209. The molecule has 4 heteroatoms. The van der Waals surface area contributed by atoms with Crippen LogP contribution in [0.1, 0.15) is 65.2 Å². The van der Waals surface area contributed by atoms with E-state index in [1.54, 1.807) is 0 Å². The number of hydrogen-bond donors (Lipinski definition) is 2. The maximum Gasteiger partial charge on any atom is 0.309 e. The van der Waals surface area contributed by atoms with E-state index in [-0.39, 0.29) is 6.04 Å². The molecule has 110 valence electrons. The Bertz CT molecular complexity index is 286. The van der Waals surface area contributed by atoms with Crippen molar-refractivity contribution >= 4 is 11.8 Å². The van der Waals surface area contributed by atoms with Gasteiger partial charge < -0.3 is 10.6 Å². The molecule has 0 unspecified atom stereocenters. The Morgan fingerprint density at radius 3 is 2.42 bits per heavy atom. The molecule has 1 rings (SSSR count). The Morgan fingerprint density at radius 2 is 1.84 bits per heavy atom. The molecular weight excluding hydrogens is 240 g/mol. The third kappa shape index (κ3) is 6.08. The van der Waals surface area contributed by atoms with Crippen molar-refractivity contribution in [3.63, 3.8) is 0 Å². The van der Waals surface area contributed by atoms with Crippen LogP contribution in [0.5, 0.6) is 0 Å². The van der Waals surface area contributed by atoms with Crippen molar-refractivity contribution in [3.8, 4) is 0 Å². The van der Waals surface area contributed by atoms with Gasteiger partial charge in [0.2, 0.25) is 0 Å². The Balaban J connectivity index is 2.22. The van der Waals surface area contributed by atoms with Crippen LogP contribution in [0.15, 0.2) is 0 Å². The van der Waals surface area contributed by atoms with Crippen LogP contribution in [0.3, 0.4) is 0 Å². The van der Waals surface area contributed by atoms with Gasteiger partial charge >= 0.3 is 11.8 Å². The van der Waals surface area contributed by atoms with E-state index >= 15 is 0 Å². The van der Waals surface area contributed by atoms with Gasteiger partial charge in [-0.15, -0.1) is 0 Å². The summed E-state index contributed by atoms with van der Waals surface area (Å²) < 4.78 is 0. The molecule has 0 bridgehead atoms. The normalized spacial score (nSPS) is 17.2. The van der Waals surface area contributed by atoms with Crippen LogP contribution in [0.4, 0.5) is 0 Å². The highest BCUT2D eigenvalue weighted by molar-refractivity contribution is 6.35. The molecule has 19 heavy (non-hydrogen) atoms. The first-order chi connectivity index (χ1) is 9.17. The van der Waals surface area contributed by atoms with Gasteiger partial charge in [-0.05, 0) is 25.2 Å². The SMILES string of the molecule is CCCC[C@H](CC)CNC(=O)C(=O)NC1CCCC1. The fraction of sp³-hybridized carbons (Fsp3) is 0.867. The lowest BCUT2D eigenvalue weighted by Crippen LogP contribution is -2.44. The number of carbonyl (C=O) groups excluding carboxylic acids is 2. The lowest BCUT2D eigenvalue weighted by Gasteiger charge is -2.16. The van der Waals surface area contributed by atoms with E-state index in [2.05, 4.69) is 24.5 Å². The highest BCUT2D eigenvalue weighted by atomic mass is 16.2. The maximum absolute atomic E-state index is 11.7. The zero-order chi connectivity index (χ0) is 14.1. The Kier molecular flexibility index (Phi) is 7.53. The second-order valence-corrected chi connectivity index (χ2v) is 5.58. The number of hydrogen-bond acceptors (Lipinski definition) is 2. The minimum atomic E-state index is -0.471. The Labute approximate surface area is 116 Å². The molecule has 0 aliphatic heterocycles. The second kappa shape index (κ2) is 8.94. The van der Waals surface area contributed by atoms with E-state index in [4.69, 9.17) is 0 Å². The first kappa shape index (κ1) is 16.0. The number of nitrogens with one attached hydrogen (secondary N) is 2. The third-order valence-electron chi connectivity index (χ3n) is 3.99. The summed E-state index contributed by atoms with van der Waals surface area (Å²) in [5.74, 6) is -0.442. The fourth-order valence-electron chi connectivity index (χ4n) is 2.58. The van der Waals surface area contributed by atoms with Gasteiger partial charge in [0.25, 0.3) is 0 Å². The molecule has 0 heterocycles. The summed E-state index contributed by atoms with van der Waals surface area (Å²) in [4.78, 5) is 23.4. The van der Waals surface area contributed by atoms with E-state index < -0.39 is 11.8 Å². The highest BCUT2D eigenvalue weighted by Gasteiger charge is 2.21. The fourth-order valence-corrected chi connectivity index (χ4v) is 2.58. The minimum Gasteiger partial charge on any atom is -0.348 e. The monoisotopic (exact) mass is 268 g/mol. The van der Waals surface area contributed by atoms with E-state index in [1.165, 1.54) is 12.8 Å². The summed E-state index contributed by atoms with van der Waals surface area (Å²) in [5, 5.41) is 5.58. The first-order valence-electron chi connectivity index (χ1n) is 7.76. The van der Waals surface area contributed by atoms with E-state index in [0.717, 1.165) is 38.5 Å². The predicted molar refractivity (Wildman–Crippen MR) is 76.7 cm³/mol. The van der Waals surface area contributed by atoms with Crippen LogP contribution in [0, 0.1) is 5.92 Å². The van der Waals surface area contributed by atoms with Gasteiger partial charge in [-0.25, -0.2) is 0 Å². The smallest absolute Gasteiger partial charge is 0.309 e. The van der Waals surface area contributed by atoms with Gasteiger partial charge in [-0.3, -0.25) is 9.59 Å². The van der Waals surface area contributed by atoms with Crippen LogP contribution in [-0.4, -0.2) is 24.4 Å². The summed E-state index contributed by atoms with van der Waals surface area (Å²) in [5.41, 5.74) is 0. The van der Waals surface area contributed by atoms with Crippen molar-refractivity contribution < 1.29 is 9.59 Å². The quantitative estimate of drug-likeness (QED) is 0.696. The molecule has 0 saturated heterocycles. The molecule has 0 spiro atoms. The second-order valence-electron chi connectivity index (χ2n) is 5.58. The Hall–Kier alpha value is -1.06. The Morgan fingerprint density at radius 1 is 1.16 bits per heavy atom. The van der Waals surface area contributed by atoms with Crippen LogP contribution < -0.4 is 10.6 Å². The van der Waals surface area contributed by atoms with E-state index in [0.29, 0.717) is 12.5 Å². The summed E-state index contributed by atoms with van der Waals surface area (Å²) in [6, 6.07) is 0.209. The standard InChI is InChI=1S/C15H28N2O2/c1-3-5-8-12(4-2)11-16-14(18)15(19)17-13-9-6-7-10-13/h12-13H,3-11H2,1-2H3,(H,16,18)(H,17,19)/t12-/m0/s1. The van der Waals surface area contributed by atoms with Crippen LogP contribution >= 0.6 is 0 Å². The lowest BCUT2D eigenvalue weighted by atomic mass is 9.99. The molecule has 0 aromatic rings. The van der Waals surface area contributed by atoms with Gasteiger partial charge in [-0.1, -0.05) is 46.0 Å². The lowest BCUT2D eigenvalue weighted by molar-refractivity contribution is -0.139. The molecular formula is C15H28N2O2. The van der Waals surface area contributed by atoms with Gasteiger partial charge in [0, 0.05) is 12.6 Å². The first-order valence-corrected chi connectivity index (χ1v) is 7.76. The zero-order valence-electron chi connectivity index (χ0n) is 12.3. The average Bonchev–Trinajstić information content (AvgIpc) is 2.91. The van der Waals surface area contributed by atoms with Crippen molar-refractivity contribution in [3.05, 3.63) is 0 Å². The van der Waals surface area contributed by atoms with Gasteiger partial charge in [0.05, 0.1) is 0 Å². The molecule has 0 radical (unpaired) electrons. The summed E-state index contributed by atoms with van der Waals surface area (Å²) in [6.45, 7) is 4.92. The molecule has 0 aromatic heterocycles. The molecule has 0 aromatic carbocycles. The van der Waals surface area contributed by atoms with Crippen LogP contribution in [0.25, 0.3) is 0 Å². The largest absolute Gasteiger partial charge is 0.348 e. The average molecular weight is 268 g/mol. The molecule has 1 atom stereocenters. The zero-order valence-corrected chi connectivity index (χ0v) is 12.3. The van der Waals surface area contributed by atoms with Gasteiger partial charge in [0.1, 0.15) is 0 Å². The van der Waals surface area contributed by atoms with Gasteiger partial charge in [-0.2, -0.15) is 0 Å². The summed E-state index contributed by atoms with van der Waals surface area (Å²) >= 11 is 0. The third-order valence-corrected chi connectivity index (χ3v) is 3.99. The molecule has 1 aliphatic carbocycles. The molecule has 2 amide bonds. The topological polar surface area (TPSA) is 58.2 Å². The molecule has 4 nitrogen and oxygen atoms in total. The number of unbranched alkanes of at least 4 members (excludes halogenated alkanes) is 1. The van der Waals surface area contributed by atoms with Crippen molar-refractivity contribution in [2.75, 3.05) is 6.54 Å². The highest BCUT2D eigenvalue weighted by Crippen LogP contribution is 2.17. The predicted octanol–water partition coefficient (Wildman–Crippen LogP) is 2.38. The molecule has 1 fully saturated rings. The van der Waals surface area contributed by atoms with Crippen molar-refractivity contribution in [2.45, 2.75) is 71.3 Å². The molecule has 2 N–H and O–H groups in total. The van der Waals surface area contributed by atoms with Gasteiger partial charge in [0.15, 0.2) is 0 Å². The summed E-state index contributed by atoms with van der Waals surface area (Å²) in [6.07, 6.45) is 8.85. The van der Waals surface area contributed by atoms with Crippen molar-refractivity contribution in [1.29, 1.82) is 0 Å². The summed E-state index contributed by atoms with van der Waals surface area (Å²) in [7, 11) is 0. The molecule has 1 saturated carbocycles. The number of rotatable bonds is 7. The number of carbonyl (C=O) groups is 2.